The number of carbonyl (C=O) groups is 1. The highest BCUT2D eigenvalue weighted by molar-refractivity contribution is 9.10. The van der Waals surface area contributed by atoms with Crippen molar-refractivity contribution in [1.82, 2.24) is 0 Å². The molecule has 0 saturated heterocycles. The molecule has 1 aliphatic rings. The number of carbonyl (C=O) groups excluding carboxylic acids is 1. The Morgan fingerprint density at radius 2 is 2.21 bits per heavy atom. The number of benzene rings is 1. The second-order valence-electron chi connectivity index (χ2n) is 3.10. The van der Waals surface area contributed by atoms with Gasteiger partial charge < -0.3 is 11.1 Å². The summed E-state index contributed by atoms with van der Waals surface area (Å²) < 4.78 is 1.01. The van der Waals surface area contributed by atoms with Crippen molar-refractivity contribution < 1.29 is 4.79 Å². The van der Waals surface area contributed by atoms with Crippen LogP contribution in [-0.4, -0.2) is 11.9 Å². The van der Waals surface area contributed by atoms with Crippen LogP contribution in [0.4, 0.5) is 5.69 Å². The number of nitrogens with one attached hydrogen (secondary N) is 1. The maximum absolute atomic E-state index is 11.2. The number of hydrogen-bond acceptors (Lipinski definition) is 2. The van der Waals surface area contributed by atoms with Crippen LogP contribution in [-0.2, 0) is 11.2 Å². The first-order valence-electron chi connectivity index (χ1n) is 4.01. The molecule has 0 fully saturated rings. The molecule has 1 aromatic carbocycles. The van der Waals surface area contributed by atoms with Crippen LogP contribution in [0.25, 0.3) is 0 Å². The molecular weight excluding hydrogens is 267 g/mol. The lowest BCUT2D eigenvalue weighted by Crippen LogP contribution is -2.40. The van der Waals surface area contributed by atoms with Crippen LogP contribution in [0.2, 0.25) is 0 Å². The molecule has 1 aliphatic heterocycles. The topological polar surface area (TPSA) is 55.1 Å². The summed E-state index contributed by atoms with van der Waals surface area (Å²) in [4.78, 5) is 11.2. The van der Waals surface area contributed by atoms with Gasteiger partial charge in [0.1, 0.15) is 0 Å². The van der Waals surface area contributed by atoms with E-state index in [4.69, 9.17) is 5.73 Å². The van der Waals surface area contributed by atoms with Gasteiger partial charge in [-0.2, -0.15) is 0 Å². The van der Waals surface area contributed by atoms with Crippen LogP contribution in [0.5, 0.6) is 0 Å². The summed E-state index contributed by atoms with van der Waals surface area (Å²) in [6, 6.07) is 5.34. The van der Waals surface area contributed by atoms with Gasteiger partial charge in [-0.05, 0) is 30.2 Å². The molecule has 1 amide bonds. The van der Waals surface area contributed by atoms with Crippen LogP contribution in [0, 0.1) is 0 Å². The fourth-order valence-electron chi connectivity index (χ4n) is 1.41. The predicted octanol–water partition coefficient (Wildman–Crippen LogP) is 1.69. The summed E-state index contributed by atoms with van der Waals surface area (Å²) in [5.74, 6) is -0.102. The number of fused-ring (bicyclic) bond motifs is 1. The zero-order valence-corrected chi connectivity index (χ0v) is 9.69. The highest BCUT2D eigenvalue weighted by atomic mass is 79.9. The van der Waals surface area contributed by atoms with E-state index in [0.717, 1.165) is 15.7 Å². The average Bonchev–Trinajstić information content (AvgIpc) is 2.08. The van der Waals surface area contributed by atoms with Crippen molar-refractivity contribution in [1.29, 1.82) is 0 Å². The van der Waals surface area contributed by atoms with Gasteiger partial charge in [0.25, 0.3) is 0 Å². The normalized spacial score (nSPS) is 19.3. The Balaban J connectivity index is 0.000000980. The van der Waals surface area contributed by atoms with Crippen molar-refractivity contribution in [2.75, 3.05) is 5.32 Å². The van der Waals surface area contributed by atoms with Gasteiger partial charge in [0, 0.05) is 10.2 Å². The molecule has 3 nitrogen and oxygen atoms in total. The number of anilines is 1. The zero-order chi connectivity index (χ0) is 9.42. The van der Waals surface area contributed by atoms with Crippen LogP contribution in [0.3, 0.4) is 0 Å². The van der Waals surface area contributed by atoms with E-state index in [1.54, 1.807) is 0 Å². The number of nitrogens with two attached hydrogens (primary N) is 1. The maximum atomic E-state index is 11.2. The van der Waals surface area contributed by atoms with Crippen LogP contribution >= 0.6 is 28.3 Å². The summed E-state index contributed by atoms with van der Waals surface area (Å²) in [5.41, 5.74) is 7.57. The molecule has 0 spiro atoms. The molecule has 2 rings (SSSR count). The van der Waals surface area contributed by atoms with E-state index in [0.29, 0.717) is 6.42 Å². The number of hydrogen-bond donors (Lipinski definition) is 2. The van der Waals surface area contributed by atoms with E-state index in [1.165, 1.54) is 0 Å². The lowest BCUT2D eigenvalue weighted by molar-refractivity contribution is -0.117. The summed E-state index contributed by atoms with van der Waals surface area (Å²) in [6.45, 7) is 0. The van der Waals surface area contributed by atoms with E-state index in [1.807, 2.05) is 18.2 Å². The number of rotatable bonds is 0. The molecule has 3 N–H and O–H groups in total. The molecule has 76 valence electrons. The Hall–Kier alpha value is -0.580. The molecule has 1 atom stereocenters. The smallest absolute Gasteiger partial charge is 0.241 e. The van der Waals surface area contributed by atoms with Crippen molar-refractivity contribution >= 4 is 39.9 Å². The van der Waals surface area contributed by atoms with E-state index in [9.17, 15) is 4.79 Å². The first kappa shape index (κ1) is 11.5. The minimum Gasteiger partial charge on any atom is -0.324 e. The maximum Gasteiger partial charge on any atom is 0.241 e. The Kier molecular flexibility index (Phi) is 3.53. The number of halogens is 2. The van der Waals surface area contributed by atoms with Crippen molar-refractivity contribution in [3.05, 3.63) is 28.2 Å². The zero-order valence-electron chi connectivity index (χ0n) is 7.29. The molecule has 0 aromatic heterocycles. The highest BCUT2D eigenvalue weighted by Crippen LogP contribution is 2.25. The lowest BCUT2D eigenvalue weighted by atomic mass is 10.00. The molecule has 0 bridgehead atoms. The molecule has 0 aliphatic carbocycles. The summed E-state index contributed by atoms with van der Waals surface area (Å²) in [7, 11) is 0. The molecule has 0 radical (unpaired) electrons. The van der Waals surface area contributed by atoms with E-state index < -0.39 is 6.04 Å². The van der Waals surface area contributed by atoms with Gasteiger partial charge in [-0.15, -0.1) is 12.4 Å². The molecule has 1 aromatic rings. The summed E-state index contributed by atoms with van der Waals surface area (Å²) >= 11 is 3.37. The van der Waals surface area contributed by atoms with E-state index >= 15 is 0 Å². The Morgan fingerprint density at radius 1 is 1.50 bits per heavy atom. The quantitative estimate of drug-likeness (QED) is 0.758. The Morgan fingerprint density at radius 3 is 2.93 bits per heavy atom. The fraction of sp³-hybridized carbons (Fsp3) is 0.222. The SMILES string of the molecule is Cl.NC1Cc2cc(Br)ccc2NC1=O. The van der Waals surface area contributed by atoms with E-state index in [-0.39, 0.29) is 18.3 Å². The largest absolute Gasteiger partial charge is 0.324 e. The van der Waals surface area contributed by atoms with Crippen molar-refractivity contribution in [3.8, 4) is 0 Å². The standard InChI is InChI=1S/C9H9BrN2O.ClH/c10-6-1-2-8-5(3-6)4-7(11)9(13)12-8;/h1-3,7H,4,11H2,(H,12,13);1H. The van der Waals surface area contributed by atoms with Gasteiger partial charge in [0.15, 0.2) is 0 Å². The van der Waals surface area contributed by atoms with Crippen molar-refractivity contribution in [3.63, 3.8) is 0 Å². The van der Waals surface area contributed by atoms with Gasteiger partial charge in [-0.3, -0.25) is 4.79 Å². The third kappa shape index (κ3) is 2.08. The average molecular weight is 278 g/mol. The van der Waals surface area contributed by atoms with Gasteiger partial charge in [0.05, 0.1) is 6.04 Å². The molecule has 0 saturated carbocycles. The fourth-order valence-corrected chi connectivity index (χ4v) is 1.82. The lowest BCUT2D eigenvalue weighted by Gasteiger charge is -2.21. The van der Waals surface area contributed by atoms with Gasteiger partial charge in [0.2, 0.25) is 5.91 Å². The van der Waals surface area contributed by atoms with Crippen molar-refractivity contribution in [2.45, 2.75) is 12.5 Å². The Labute approximate surface area is 96.6 Å². The highest BCUT2D eigenvalue weighted by Gasteiger charge is 2.22. The summed E-state index contributed by atoms with van der Waals surface area (Å²) in [5, 5.41) is 2.75. The molecule has 1 unspecified atom stereocenters. The van der Waals surface area contributed by atoms with Crippen LogP contribution in [0.1, 0.15) is 5.56 Å². The van der Waals surface area contributed by atoms with Gasteiger partial charge >= 0.3 is 0 Å². The first-order chi connectivity index (χ1) is 6.16. The van der Waals surface area contributed by atoms with Crippen LogP contribution in [0.15, 0.2) is 22.7 Å². The molecule has 14 heavy (non-hydrogen) atoms. The molecule has 1 heterocycles. The van der Waals surface area contributed by atoms with Gasteiger partial charge in [-0.1, -0.05) is 15.9 Å². The second-order valence-corrected chi connectivity index (χ2v) is 4.02. The Bertz CT molecular complexity index is 370. The minimum absolute atomic E-state index is 0. The second kappa shape index (κ2) is 4.29. The predicted molar refractivity (Wildman–Crippen MR) is 61.7 cm³/mol. The third-order valence-corrected chi connectivity index (χ3v) is 2.60. The first-order valence-corrected chi connectivity index (χ1v) is 4.81. The van der Waals surface area contributed by atoms with E-state index in [2.05, 4.69) is 21.2 Å². The summed E-state index contributed by atoms with van der Waals surface area (Å²) in [6.07, 6.45) is 0.612. The van der Waals surface area contributed by atoms with Gasteiger partial charge in [-0.25, -0.2) is 0 Å². The molecule has 5 heteroatoms. The third-order valence-electron chi connectivity index (χ3n) is 2.10. The minimum atomic E-state index is -0.415. The monoisotopic (exact) mass is 276 g/mol. The van der Waals surface area contributed by atoms with Crippen molar-refractivity contribution in [2.24, 2.45) is 5.73 Å². The van der Waals surface area contributed by atoms with Crippen LogP contribution < -0.4 is 11.1 Å². The number of amides is 1. The molecular formula is C9H10BrClN2O.